The van der Waals surface area contributed by atoms with Crippen LogP contribution < -0.4 is 10.1 Å². The Hall–Kier alpha value is -2.51. The molecule has 0 saturated heterocycles. The van der Waals surface area contributed by atoms with Crippen LogP contribution in [0, 0.1) is 6.92 Å². The Morgan fingerprint density at radius 1 is 1.21 bits per heavy atom. The van der Waals surface area contributed by atoms with Gasteiger partial charge in [-0.15, -0.1) is 10.2 Å². The molecule has 0 aliphatic rings. The van der Waals surface area contributed by atoms with Gasteiger partial charge < -0.3 is 14.6 Å². The van der Waals surface area contributed by atoms with Gasteiger partial charge in [0.15, 0.2) is 17.1 Å². The number of anilines is 1. The quantitative estimate of drug-likeness (QED) is 0.568. The molecule has 146 valence electrons. The predicted molar refractivity (Wildman–Crippen MR) is 112 cm³/mol. The summed E-state index contributed by atoms with van der Waals surface area (Å²) in [6.45, 7) is 3.84. The monoisotopic (exact) mass is 416 g/mol. The number of thioether (sulfide) groups is 1. The van der Waals surface area contributed by atoms with Crippen LogP contribution in [-0.2, 0) is 11.8 Å². The second kappa shape index (κ2) is 9.12. The Morgan fingerprint density at radius 3 is 2.68 bits per heavy atom. The fraction of sp³-hybridized carbons (Fsp3) is 0.250. The summed E-state index contributed by atoms with van der Waals surface area (Å²) in [5, 5.41) is 12.5. The lowest BCUT2D eigenvalue weighted by Gasteiger charge is -2.15. The topological polar surface area (TPSA) is 69.0 Å². The van der Waals surface area contributed by atoms with Crippen LogP contribution in [-0.4, -0.2) is 26.4 Å². The minimum atomic E-state index is -0.340. The van der Waals surface area contributed by atoms with E-state index in [-0.39, 0.29) is 17.8 Å². The zero-order valence-electron chi connectivity index (χ0n) is 15.8. The van der Waals surface area contributed by atoms with Gasteiger partial charge in [-0.05, 0) is 37.6 Å². The molecule has 3 aromatic rings. The molecule has 0 aliphatic carbocycles. The Morgan fingerprint density at radius 2 is 1.93 bits per heavy atom. The highest BCUT2D eigenvalue weighted by atomic mass is 35.5. The number of carbonyl (C=O) groups excluding carboxylic acids is 1. The van der Waals surface area contributed by atoms with Gasteiger partial charge in [0.1, 0.15) is 5.75 Å². The maximum atomic E-state index is 12.2. The van der Waals surface area contributed by atoms with E-state index >= 15 is 0 Å². The van der Waals surface area contributed by atoms with E-state index in [2.05, 4.69) is 15.5 Å². The van der Waals surface area contributed by atoms with Gasteiger partial charge in [0.05, 0.1) is 10.8 Å². The number of carbonyl (C=O) groups is 1. The fourth-order valence-electron chi connectivity index (χ4n) is 2.62. The standard InChI is InChI=1S/C20H21ClN4O2S/c1-13-8-4-6-10-16(13)22-18(26)12-28-20-24-23-19(25(20)3)14(2)27-17-11-7-5-9-15(17)21/h4-11,14H,12H2,1-3H3,(H,22,26)/t14-/m1/s1. The molecule has 28 heavy (non-hydrogen) atoms. The number of rotatable bonds is 7. The van der Waals surface area contributed by atoms with E-state index in [1.54, 1.807) is 12.1 Å². The number of aryl methyl sites for hydroxylation is 1. The maximum Gasteiger partial charge on any atom is 0.234 e. The molecule has 0 spiro atoms. The summed E-state index contributed by atoms with van der Waals surface area (Å²) < 4.78 is 7.73. The van der Waals surface area contributed by atoms with Crippen molar-refractivity contribution in [3.63, 3.8) is 0 Å². The SMILES string of the molecule is Cc1ccccc1NC(=O)CSc1nnc([C@@H](C)Oc2ccccc2Cl)n1C. The minimum Gasteiger partial charge on any atom is -0.481 e. The third-order valence-corrected chi connectivity index (χ3v) is 5.46. The molecule has 0 unspecified atom stereocenters. The van der Waals surface area contributed by atoms with E-state index in [4.69, 9.17) is 16.3 Å². The van der Waals surface area contributed by atoms with Crippen LogP contribution in [0.15, 0.2) is 53.7 Å². The van der Waals surface area contributed by atoms with E-state index in [9.17, 15) is 4.79 Å². The van der Waals surface area contributed by atoms with Crippen molar-refractivity contribution in [2.24, 2.45) is 7.05 Å². The number of para-hydroxylation sites is 2. The molecule has 2 aromatic carbocycles. The first-order chi connectivity index (χ1) is 13.5. The van der Waals surface area contributed by atoms with E-state index < -0.39 is 0 Å². The molecule has 0 saturated carbocycles. The van der Waals surface area contributed by atoms with Crippen molar-refractivity contribution in [3.05, 3.63) is 64.9 Å². The number of nitrogens with zero attached hydrogens (tertiary/aromatic N) is 3. The van der Waals surface area contributed by atoms with E-state index in [0.717, 1.165) is 11.3 Å². The molecule has 3 rings (SSSR count). The lowest BCUT2D eigenvalue weighted by atomic mass is 10.2. The Kier molecular flexibility index (Phi) is 6.59. The molecule has 1 atom stereocenters. The maximum absolute atomic E-state index is 12.2. The van der Waals surface area contributed by atoms with Crippen molar-refractivity contribution in [3.8, 4) is 5.75 Å². The first-order valence-corrected chi connectivity index (χ1v) is 10.1. The molecule has 1 N–H and O–H groups in total. The number of amides is 1. The first kappa shape index (κ1) is 20.2. The molecule has 1 aromatic heterocycles. The summed E-state index contributed by atoms with van der Waals surface area (Å²) in [6, 6.07) is 15.0. The van der Waals surface area contributed by atoms with Gasteiger partial charge in [0, 0.05) is 12.7 Å². The highest BCUT2D eigenvalue weighted by Gasteiger charge is 2.19. The van der Waals surface area contributed by atoms with Crippen LogP contribution in [0.25, 0.3) is 0 Å². The molecule has 0 aliphatic heterocycles. The first-order valence-electron chi connectivity index (χ1n) is 8.74. The number of nitrogens with one attached hydrogen (secondary N) is 1. The summed E-state index contributed by atoms with van der Waals surface area (Å²) in [4.78, 5) is 12.2. The zero-order chi connectivity index (χ0) is 20.1. The third-order valence-electron chi connectivity index (χ3n) is 4.12. The summed E-state index contributed by atoms with van der Waals surface area (Å²) >= 11 is 7.47. The molecule has 1 amide bonds. The van der Waals surface area contributed by atoms with Crippen molar-refractivity contribution < 1.29 is 9.53 Å². The summed E-state index contributed by atoms with van der Waals surface area (Å²) in [6.07, 6.45) is -0.340. The normalized spacial score (nSPS) is 11.9. The number of ether oxygens (including phenoxy) is 1. The van der Waals surface area contributed by atoms with Crippen LogP contribution in [0.1, 0.15) is 24.4 Å². The van der Waals surface area contributed by atoms with Gasteiger partial charge in [-0.3, -0.25) is 4.79 Å². The summed E-state index contributed by atoms with van der Waals surface area (Å²) in [7, 11) is 1.85. The Labute approximate surface area is 173 Å². The molecule has 6 nitrogen and oxygen atoms in total. The fourth-order valence-corrected chi connectivity index (χ4v) is 3.52. The molecule has 0 radical (unpaired) electrons. The van der Waals surface area contributed by atoms with Gasteiger partial charge in [-0.1, -0.05) is 53.7 Å². The van der Waals surface area contributed by atoms with Crippen molar-refractivity contribution in [1.29, 1.82) is 0 Å². The smallest absolute Gasteiger partial charge is 0.234 e. The number of hydrogen-bond acceptors (Lipinski definition) is 5. The number of halogens is 1. The Balaban J connectivity index is 1.60. The van der Waals surface area contributed by atoms with Gasteiger partial charge >= 0.3 is 0 Å². The van der Waals surface area contributed by atoms with Crippen LogP contribution in [0.5, 0.6) is 5.75 Å². The second-order valence-electron chi connectivity index (χ2n) is 6.24. The minimum absolute atomic E-state index is 0.0933. The lowest BCUT2D eigenvalue weighted by Crippen LogP contribution is -2.15. The average molecular weight is 417 g/mol. The van der Waals surface area contributed by atoms with Gasteiger partial charge in [-0.2, -0.15) is 0 Å². The van der Waals surface area contributed by atoms with E-state index in [1.165, 1.54) is 11.8 Å². The van der Waals surface area contributed by atoms with Crippen LogP contribution >= 0.6 is 23.4 Å². The molecular formula is C20H21ClN4O2S. The molecular weight excluding hydrogens is 396 g/mol. The van der Waals surface area contributed by atoms with Crippen molar-refractivity contribution in [2.75, 3.05) is 11.1 Å². The summed E-state index contributed by atoms with van der Waals surface area (Å²) in [5.41, 5.74) is 1.83. The second-order valence-corrected chi connectivity index (χ2v) is 7.59. The number of aromatic nitrogens is 3. The van der Waals surface area contributed by atoms with E-state index in [0.29, 0.717) is 21.8 Å². The summed E-state index contributed by atoms with van der Waals surface area (Å²) in [5.74, 6) is 1.39. The van der Waals surface area contributed by atoms with Crippen LogP contribution in [0.3, 0.4) is 0 Å². The Bertz CT molecular complexity index is 976. The highest BCUT2D eigenvalue weighted by molar-refractivity contribution is 7.99. The van der Waals surface area contributed by atoms with Gasteiger partial charge in [0.25, 0.3) is 0 Å². The molecule has 1 heterocycles. The lowest BCUT2D eigenvalue weighted by molar-refractivity contribution is -0.113. The van der Waals surface area contributed by atoms with Gasteiger partial charge in [0.2, 0.25) is 5.91 Å². The molecule has 0 fully saturated rings. The highest BCUT2D eigenvalue weighted by Crippen LogP contribution is 2.29. The van der Waals surface area contributed by atoms with Gasteiger partial charge in [-0.25, -0.2) is 0 Å². The third kappa shape index (κ3) is 4.85. The zero-order valence-corrected chi connectivity index (χ0v) is 17.4. The largest absolute Gasteiger partial charge is 0.481 e. The van der Waals surface area contributed by atoms with Crippen LogP contribution in [0.2, 0.25) is 5.02 Å². The van der Waals surface area contributed by atoms with Crippen molar-refractivity contribution >= 4 is 35.0 Å². The average Bonchev–Trinajstić information content (AvgIpc) is 3.04. The molecule has 8 heteroatoms. The number of benzene rings is 2. The van der Waals surface area contributed by atoms with Crippen LogP contribution in [0.4, 0.5) is 5.69 Å². The van der Waals surface area contributed by atoms with E-state index in [1.807, 2.05) is 61.9 Å². The molecule has 0 bridgehead atoms. The predicted octanol–water partition coefficient (Wildman–Crippen LogP) is 4.65. The number of hydrogen-bond donors (Lipinski definition) is 1. The van der Waals surface area contributed by atoms with Crippen molar-refractivity contribution in [2.45, 2.75) is 25.1 Å². The van der Waals surface area contributed by atoms with Crippen molar-refractivity contribution in [1.82, 2.24) is 14.8 Å².